The van der Waals surface area contributed by atoms with Crippen LogP contribution >= 0.6 is 22.6 Å². The highest BCUT2D eigenvalue weighted by Gasteiger charge is 2.20. The van der Waals surface area contributed by atoms with Gasteiger partial charge >= 0.3 is 5.97 Å². The second kappa shape index (κ2) is 6.69. The number of halogens is 1. The molecule has 1 aromatic carbocycles. The molecule has 104 valence electrons. The van der Waals surface area contributed by atoms with Crippen molar-refractivity contribution in [3.63, 3.8) is 0 Å². The van der Waals surface area contributed by atoms with Crippen molar-refractivity contribution in [2.75, 3.05) is 5.32 Å². The van der Waals surface area contributed by atoms with Gasteiger partial charge in [0.1, 0.15) is 6.04 Å². The summed E-state index contributed by atoms with van der Waals surface area (Å²) in [6.45, 7) is 3.89. The largest absolute Gasteiger partial charge is 0.480 e. The van der Waals surface area contributed by atoms with E-state index in [2.05, 4.69) is 5.32 Å². The number of carboxylic acids is 1. The third kappa shape index (κ3) is 4.66. The number of nitrogens with one attached hydrogen (secondary N) is 1. The van der Waals surface area contributed by atoms with Crippen LogP contribution in [0.25, 0.3) is 0 Å². The van der Waals surface area contributed by atoms with Gasteiger partial charge < -0.3 is 10.4 Å². The number of non-ortho nitro benzene ring substituents is 1. The van der Waals surface area contributed by atoms with Crippen molar-refractivity contribution in [3.05, 3.63) is 31.9 Å². The zero-order valence-electron chi connectivity index (χ0n) is 10.6. The van der Waals surface area contributed by atoms with Gasteiger partial charge in [-0.05, 0) is 41.0 Å². The number of carboxylic acid groups (broad SMARTS) is 1. The predicted octanol–water partition coefficient (Wildman–Crippen LogP) is 3.11. The lowest BCUT2D eigenvalue weighted by molar-refractivity contribution is -0.384. The number of carbonyl (C=O) groups is 1. The third-order valence-corrected chi connectivity index (χ3v) is 3.39. The molecule has 1 unspecified atom stereocenters. The van der Waals surface area contributed by atoms with E-state index in [1.807, 2.05) is 36.4 Å². The molecule has 0 radical (unpaired) electrons. The average Bonchev–Trinajstić information content (AvgIpc) is 2.29. The number of anilines is 1. The smallest absolute Gasteiger partial charge is 0.326 e. The van der Waals surface area contributed by atoms with E-state index in [9.17, 15) is 14.9 Å². The molecule has 2 N–H and O–H groups in total. The van der Waals surface area contributed by atoms with Crippen LogP contribution in [0.1, 0.15) is 20.3 Å². The molecule has 0 spiro atoms. The first kappa shape index (κ1) is 15.7. The minimum Gasteiger partial charge on any atom is -0.480 e. The van der Waals surface area contributed by atoms with E-state index < -0.39 is 16.9 Å². The van der Waals surface area contributed by atoms with Crippen molar-refractivity contribution >= 4 is 39.9 Å². The Morgan fingerprint density at radius 2 is 2.16 bits per heavy atom. The Kier molecular flexibility index (Phi) is 5.52. The fourth-order valence-electron chi connectivity index (χ4n) is 1.62. The van der Waals surface area contributed by atoms with E-state index in [0.29, 0.717) is 15.7 Å². The number of rotatable bonds is 6. The quantitative estimate of drug-likeness (QED) is 0.451. The van der Waals surface area contributed by atoms with Crippen molar-refractivity contribution in [3.8, 4) is 0 Å². The number of nitro groups is 1. The molecule has 0 aliphatic heterocycles. The van der Waals surface area contributed by atoms with Gasteiger partial charge in [0.25, 0.3) is 5.69 Å². The van der Waals surface area contributed by atoms with Gasteiger partial charge in [0, 0.05) is 21.4 Å². The van der Waals surface area contributed by atoms with Crippen LogP contribution < -0.4 is 5.32 Å². The van der Waals surface area contributed by atoms with Crippen LogP contribution in [-0.4, -0.2) is 22.0 Å². The Labute approximate surface area is 124 Å². The molecule has 0 saturated heterocycles. The molecule has 1 aromatic rings. The Morgan fingerprint density at radius 3 is 2.58 bits per heavy atom. The predicted molar refractivity (Wildman–Crippen MR) is 80.3 cm³/mol. The Balaban J connectivity index is 2.91. The lowest BCUT2D eigenvalue weighted by atomic mass is 10.0. The van der Waals surface area contributed by atoms with E-state index in [1.54, 1.807) is 0 Å². The number of hydrogen-bond donors (Lipinski definition) is 2. The lowest BCUT2D eigenvalue weighted by Gasteiger charge is -2.18. The molecule has 19 heavy (non-hydrogen) atoms. The summed E-state index contributed by atoms with van der Waals surface area (Å²) in [5.74, 6) is -0.688. The van der Waals surface area contributed by atoms with Crippen molar-refractivity contribution in [1.29, 1.82) is 0 Å². The second-order valence-corrected chi connectivity index (χ2v) is 5.75. The molecule has 0 fully saturated rings. The lowest BCUT2D eigenvalue weighted by Crippen LogP contribution is -2.31. The molecule has 6 nitrogen and oxygen atoms in total. The van der Waals surface area contributed by atoms with Gasteiger partial charge in [-0.2, -0.15) is 0 Å². The van der Waals surface area contributed by atoms with E-state index in [4.69, 9.17) is 5.11 Å². The molecule has 1 rings (SSSR count). The fraction of sp³-hybridized carbons (Fsp3) is 0.417. The summed E-state index contributed by atoms with van der Waals surface area (Å²) < 4.78 is 0.627. The van der Waals surface area contributed by atoms with Crippen LogP contribution in [0.3, 0.4) is 0 Å². The maximum absolute atomic E-state index is 11.2. The van der Waals surface area contributed by atoms with Gasteiger partial charge in [-0.25, -0.2) is 4.79 Å². The molecule has 0 amide bonds. The van der Waals surface area contributed by atoms with Crippen LogP contribution in [0.2, 0.25) is 0 Å². The average molecular weight is 378 g/mol. The summed E-state index contributed by atoms with van der Waals surface area (Å²) in [6, 6.07) is 3.61. The van der Waals surface area contributed by atoms with Gasteiger partial charge in [0.2, 0.25) is 0 Å². The number of benzene rings is 1. The molecular formula is C12H15IN2O4. The highest BCUT2D eigenvalue weighted by molar-refractivity contribution is 14.1. The summed E-state index contributed by atoms with van der Waals surface area (Å²) >= 11 is 1.95. The topological polar surface area (TPSA) is 92.5 Å². The zero-order chi connectivity index (χ0) is 14.6. The SMILES string of the molecule is CC(C)CC(Nc1ccc([N+](=O)[O-])cc1I)C(=O)O. The van der Waals surface area contributed by atoms with Gasteiger partial charge in [-0.15, -0.1) is 0 Å². The molecule has 0 saturated carbocycles. The van der Waals surface area contributed by atoms with Gasteiger partial charge in [-0.1, -0.05) is 13.8 Å². The molecular weight excluding hydrogens is 363 g/mol. The monoisotopic (exact) mass is 378 g/mol. The summed E-state index contributed by atoms with van der Waals surface area (Å²) in [6.07, 6.45) is 0.488. The molecule has 0 aliphatic rings. The first-order chi connectivity index (χ1) is 8.81. The number of nitro benzene ring substituents is 1. The molecule has 0 aliphatic carbocycles. The molecule has 0 bridgehead atoms. The molecule has 0 aromatic heterocycles. The van der Waals surface area contributed by atoms with Crippen molar-refractivity contribution in [2.45, 2.75) is 26.3 Å². The summed E-state index contributed by atoms with van der Waals surface area (Å²) in [7, 11) is 0. The normalized spacial score (nSPS) is 12.2. The van der Waals surface area contributed by atoms with Gasteiger partial charge in [-0.3, -0.25) is 10.1 Å². The maximum atomic E-state index is 11.2. The minimum atomic E-state index is -0.928. The van der Waals surface area contributed by atoms with E-state index in [-0.39, 0.29) is 11.6 Å². The van der Waals surface area contributed by atoms with Crippen molar-refractivity contribution in [1.82, 2.24) is 0 Å². The first-order valence-electron chi connectivity index (χ1n) is 5.74. The van der Waals surface area contributed by atoms with Crippen molar-refractivity contribution in [2.24, 2.45) is 5.92 Å². The Hall–Kier alpha value is -1.38. The molecule has 1 atom stereocenters. The Morgan fingerprint density at radius 1 is 1.53 bits per heavy atom. The van der Waals surface area contributed by atoms with E-state index in [1.165, 1.54) is 18.2 Å². The van der Waals surface area contributed by atoms with Crippen LogP contribution in [0, 0.1) is 19.6 Å². The number of nitrogens with zero attached hydrogens (tertiary/aromatic N) is 1. The summed E-state index contributed by atoms with van der Waals surface area (Å²) in [5, 5.41) is 22.7. The van der Waals surface area contributed by atoms with E-state index in [0.717, 1.165) is 0 Å². The standard InChI is InChI=1S/C12H15IN2O4/c1-7(2)5-11(12(16)17)14-10-4-3-8(15(18)19)6-9(10)13/h3-4,6-7,11,14H,5H2,1-2H3,(H,16,17). The van der Waals surface area contributed by atoms with Crippen molar-refractivity contribution < 1.29 is 14.8 Å². The molecule has 7 heteroatoms. The first-order valence-corrected chi connectivity index (χ1v) is 6.82. The van der Waals surface area contributed by atoms with Crippen LogP contribution in [-0.2, 0) is 4.79 Å². The molecule has 0 heterocycles. The second-order valence-electron chi connectivity index (χ2n) is 4.59. The highest BCUT2D eigenvalue weighted by Crippen LogP contribution is 2.25. The highest BCUT2D eigenvalue weighted by atomic mass is 127. The summed E-state index contributed by atoms with van der Waals surface area (Å²) in [4.78, 5) is 21.3. The third-order valence-electron chi connectivity index (χ3n) is 2.50. The van der Waals surface area contributed by atoms with E-state index >= 15 is 0 Å². The maximum Gasteiger partial charge on any atom is 0.326 e. The fourth-order valence-corrected chi connectivity index (χ4v) is 2.27. The van der Waals surface area contributed by atoms with Gasteiger partial charge in [0.05, 0.1) is 4.92 Å². The van der Waals surface area contributed by atoms with Gasteiger partial charge in [0.15, 0.2) is 0 Å². The number of hydrogen-bond acceptors (Lipinski definition) is 4. The van der Waals surface area contributed by atoms with Crippen LogP contribution in [0.4, 0.5) is 11.4 Å². The minimum absolute atomic E-state index is 0.00863. The van der Waals surface area contributed by atoms with Crippen LogP contribution in [0.15, 0.2) is 18.2 Å². The number of aliphatic carboxylic acids is 1. The zero-order valence-corrected chi connectivity index (χ0v) is 12.7. The Bertz CT molecular complexity index is 491. The summed E-state index contributed by atoms with van der Waals surface area (Å²) in [5.41, 5.74) is 0.588. The van der Waals surface area contributed by atoms with Crippen LogP contribution in [0.5, 0.6) is 0 Å².